The molecular formula is C24H16F5NO4. The normalized spacial score (nSPS) is 14.6. The summed E-state index contributed by atoms with van der Waals surface area (Å²) < 4.78 is 74.2. The lowest BCUT2D eigenvalue weighted by Crippen LogP contribution is -2.61. The molecule has 1 amide bonds. The maximum Gasteiger partial charge on any atom is 0.426 e. The van der Waals surface area contributed by atoms with Crippen molar-refractivity contribution < 1.29 is 41.4 Å². The van der Waals surface area contributed by atoms with Crippen LogP contribution in [0.25, 0.3) is 11.1 Å². The van der Waals surface area contributed by atoms with Crippen LogP contribution in [0, 0.1) is 11.6 Å². The van der Waals surface area contributed by atoms with Crippen LogP contribution < -0.4 is 5.32 Å². The minimum absolute atomic E-state index is 0.189. The lowest BCUT2D eigenvalue weighted by molar-refractivity contribution is -0.211. The van der Waals surface area contributed by atoms with Crippen molar-refractivity contribution in [2.45, 2.75) is 17.6 Å². The molecule has 0 fully saturated rings. The second-order valence-corrected chi connectivity index (χ2v) is 7.66. The van der Waals surface area contributed by atoms with E-state index in [2.05, 4.69) is 0 Å². The number of rotatable bonds is 5. The van der Waals surface area contributed by atoms with Gasteiger partial charge in [-0.05, 0) is 34.4 Å². The average Bonchev–Trinajstić information content (AvgIpc) is 3.08. The van der Waals surface area contributed by atoms with E-state index in [-0.39, 0.29) is 18.2 Å². The van der Waals surface area contributed by atoms with Gasteiger partial charge in [0, 0.05) is 17.5 Å². The third kappa shape index (κ3) is 3.85. The van der Waals surface area contributed by atoms with Crippen LogP contribution in [-0.2, 0) is 15.1 Å². The second kappa shape index (κ2) is 8.44. The minimum Gasteiger partial charge on any atom is -0.479 e. The minimum atomic E-state index is -5.66. The van der Waals surface area contributed by atoms with Gasteiger partial charge in [-0.2, -0.15) is 13.2 Å². The van der Waals surface area contributed by atoms with Gasteiger partial charge in [0.15, 0.2) is 0 Å². The van der Waals surface area contributed by atoms with Crippen LogP contribution in [0.5, 0.6) is 0 Å². The van der Waals surface area contributed by atoms with E-state index in [1.165, 1.54) is 5.32 Å². The summed E-state index contributed by atoms with van der Waals surface area (Å²) in [5.41, 5.74) is -2.18. The summed E-state index contributed by atoms with van der Waals surface area (Å²) in [6.07, 6.45) is -7.38. The van der Waals surface area contributed by atoms with Gasteiger partial charge in [0.2, 0.25) is 0 Å². The number of carbonyl (C=O) groups excluding carboxylic acids is 1. The highest BCUT2D eigenvalue weighted by molar-refractivity contribution is 5.87. The third-order valence-corrected chi connectivity index (χ3v) is 5.67. The fourth-order valence-corrected chi connectivity index (χ4v) is 4.16. The molecule has 2 N–H and O–H groups in total. The van der Waals surface area contributed by atoms with Crippen LogP contribution in [-0.4, -0.2) is 30.0 Å². The first-order valence-corrected chi connectivity index (χ1v) is 9.94. The molecule has 5 nitrogen and oxygen atoms in total. The third-order valence-electron chi connectivity index (χ3n) is 5.67. The number of alkyl halides is 3. The zero-order valence-electron chi connectivity index (χ0n) is 17.2. The molecule has 0 aliphatic heterocycles. The highest BCUT2D eigenvalue weighted by Gasteiger charge is 2.64. The van der Waals surface area contributed by atoms with Gasteiger partial charge >= 0.3 is 18.2 Å². The summed E-state index contributed by atoms with van der Waals surface area (Å²) in [6, 6.07) is 15.1. The summed E-state index contributed by atoms with van der Waals surface area (Å²) in [6.45, 7) is -0.398. The highest BCUT2D eigenvalue weighted by Crippen LogP contribution is 2.45. The average molecular weight is 477 g/mol. The Morgan fingerprint density at radius 2 is 1.38 bits per heavy atom. The number of alkyl carbamates (subject to hydrolysis) is 1. The first-order chi connectivity index (χ1) is 16.0. The maximum absolute atomic E-state index is 14.0. The van der Waals surface area contributed by atoms with Gasteiger partial charge in [0.05, 0.1) is 0 Å². The van der Waals surface area contributed by atoms with Crippen LogP contribution >= 0.6 is 0 Å². The Hall–Kier alpha value is -3.95. The largest absolute Gasteiger partial charge is 0.479 e. The summed E-state index contributed by atoms with van der Waals surface area (Å²) in [7, 11) is 0. The number of fused-ring (bicyclic) bond motifs is 3. The number of ether oxygens (including phenoxy) is 1. The summed E-state index contributed by atoms with van der Waals surface area (Å²) in [5, 5.41) is 10.7. The van der Waals surface area contributed by atoms with Crippen molar-refractivity contribution in [1.82, 2.24) is 5.32 Å². The molecule has 0 heterocycles. The van der Waals surface area contributed by atoms with E-state index in [0.717, 1.165) is 22.3 Å². The maximum atomic E-state index is 14.0. The second-order valence-electron chi connectivity index (χ2n) is 7.66. The zero-order valence-corrected chi connectivity index (χ0v) is 17.2. The number of aliphatic carboxylic acids is 1. The smallest absolute Gasteiger partial charge is 0.426 e. The first kappa shape index (κ1) is 23.2. The topological polar surface area (TPSA) is 75.6 Å². The molecule has 0 saturated carbocycles. The van der Waals surface area contributed by atoms with Crippen molar-refractivity contribution >= 4 is 12.1 Å². The summed E-state index contributed by atoms with van der Waals surface area (Å²) in [4.78, 5) is 24.2. The molecule has 3 aromatic rings. The van der Waals surface area contributed by atoms with E-state index in [1.54, 1.807) is 24.3 Å². The Morgan fingerprint density at radius 1 is 0.882 bits per heavy atom. The molecule has 34 heavy (non-hydrogen) atoms. The monoisotopic (exact) mass is 477 g/mol. The standard InChI is InChI=1S/C24H16F5NO4/c25-14-9-13(10-15(26)11-14)23(21(31)32,24(27,28)29)30-22(33)34-12-20-18-7-3-1-5-16(18)17-6-2-4-8-19(17)20/h1-11,20H,12H2,(H,30,33)(H,31,32). The molecule has 1 atom stereocenters. The van der Waals surface area contributed by atoms with Gasteiger partial charge in [0.1, 0.15) is 18.2 Å². The molecule has 1 unspecified atom stereocenters. The van der Waals surface area contributed by atoms with Gasteiger partial charge in [-0.3, -0.25) is 5.32 Å². The number of carboxylic acids is 1. The van der Waals surface area contributed by atoms with E-state index in [9.17, 15) is 36.6 Å². The number of halogens is 5. The number of amides is 1. The van der Waals surface area contributed by atoms with Crippen LogP contribution in [0.15, 0.2) is 66.7 Å². The fraction of sp³-hybridized carbons (Fsp3) is 0.167. The van der Waals surface area contributed by atoms with E-state index in [0.29, 0.717) is 0 Å². The molecule has 0 spiro atoms. The van der Waals surface area contributed by atoms with E-state index >= 15 is 0 Å². The van der Waals surface area contributed by atoms with Crippen LogP contribution in [0.2, 0.25) is 0 Å². The molecular weight excluding hydrogens is 461 g/mol. The summed E-state index contributed by atoms with van der Waals surface area (Å²) in [5.74, 6) is -5.98. The van der Waals surface area contributed by atoms with E-state index in [1.807, 2.05) is 24.3 Å². The molecule has 0 bridgehead atoms. The van der Waals surface area contributed by atoms with Gasteiger partial charge in [-0.1, -0.05) is 48.5 Å². The Morgan fingerprint density at radius 3 is 1.85 bits per heavy atom. The Labute approximate surface area is 189 Å². The van der Waals surface area contributed by atoms with Gasteiger partial charge in [0.25, 0.3) is 5.54 Å². The first-order valence-electron chi connectivity index (χ1n) is 9.94. The van der Waals surface area contributed by atoms with Crippen molar-refractivity contribution in [2.75, 3.05) is 6.61 Å². The van der Waals surface area contributed by atoms with Crippen molar-refractivity contribution in [1.29, 1.82) is 0 Å². The molecule has 1 aliphatic carbocycles. The molecule has 176 valence electrons. The predicted molar refractivity (Wildman–Crippen MR) is 110 cm³/mol. The van der Waals surface area contributed by atoms with Crippen LogP contribution in [0.3, 0.4) is 0 Å². The van der Waals surface area contributed by atoms with Gasteiger partial charge in [-0.15, -0.1) is 0 Å². The molecule has 10 heteroatoms. The van der Waals surface area contributed by atoms with Crippen LogP contribution in [0.4, 0.5) is 26.7 Å². The molecule has 1 aliphatic rings. The molecule has 0 saturated heterocycles. The van der Waals surface area contributed by atoms with Crippen molar-refractivity contribution in [3.8, 4) is 11.1 Å². The lowest BCUT2D eigenvalue weighted by Gasteiger charge is -2.32. The number of benzene rings is 3. The number of hydrogen-bond acceptors (Lipinski definition) is 3. The van der Waals surface area contributed by atoms with Crippen molar-refractivity contribution in [2.24, 2.45) is 0 Å². The molecule has 4 rings (SSSR count). The fourth-order valence-electron chi connectivity index (χ4n) is 4.16. The number of carboxylic acid groups (broad SMARTS) is 1. The zero-order chi connectivity index (χ0) is 24.7. The molecule has 0 aromatic heterocycles. The van der Waals surface area contributed by atoms with Crippen LogP contribution in [0.1, 0.15) is 22.6 Å². The van der Waals surface area contributed by atoms with Gasteiger partial charge in [-0.25, -0.2) is 18.4 Å². The Kier molecular flexibility index (Phi) is 5.76. The number of hydrogen-bond donors (Lipinski definition) is 2. The molecule has 3 aromatic carbocycles. The van der Waals surface area contributed by atoms with E-state index < -0.39 is 53.5 Å². The van der Waals surface area contributed by atoms with Crippen molar-refractivity contribution in [3.63, 3.8) is 0 Å². The number of nitrogens with one attached hydrogen (secondary N) is 1. The summed E-state index contributed by atoms with van der Waals surface area (Å²) >= 11 is 0. The van der Waals surface area contributed by atoms with Gasteiger partial charge < -0.3 is 9.84 Å². The Balaban J connectivity index is 1.63. The molecule has 0 radical (unpaired) electrons. The van der Waals surface area contributed by atoms with E-state index in [4.69, 9.17) is 4.74 Å². The number of carbonyl (C=O) groups is 2. The predicted octanol–water partition coefficient (Wildman–Crippen LogP) is 5.35. The lowest BCUT2D eigenvalue weighted by atomic mass is 9.89. The van der Waals surface area contributed by atoms with Crippen molar-refractivity contribution in [3.05, 3.63) is 95.1 Å². The highest BCUT2D eigenvalue weighted by atomic mass is 19.4. The quantitative estimate of drug-likeness (QED) is 0.486. The SMILES string of the molecule is O=C(NC(C(=O)O)(c1cc(F)cc(F)c1)C(F)(F)F)OCC1c2ccccc2-c2ccccc21. The Bertz CT molecular complexity index is 1210.